The van der Waals surface area contributed by atoms with Crippen LogP contribution in [-0.4, -0.2) is 11.1 Å². The highest BCUT2D eigenvalue weighted by molar-refractivity contribution is 6.35. The highest BCUT2D eigenvalue weighted by Gasteiger charge is 2.06. The summed E-state index contributed by atoms with van der Waals surface area (Å²) in [5, 5.41) is 4.88. The van der Waals surface area contributed by atoms with E-state index in [-0.39, 0.29) is 5.82 Å². The molecule has 102 valence electrons. The topological polar surface area (TPSA) is 17.0 Å². The zero-order valence-electron chi connectivity index (χ0n) is 10.8. The summed E-state index contributed by atoms with van der Waals surface area (Å²) in [6, 6.07) is 14.7. The van der Waals surface area contributed by atoms with Crippen molar-refractivity contribution in [3.63, 3.8) is 0 Å². The Kier molecular flexibility index (Phi) is 3.61. The minimum atomic E-state index is -0.233. The van der Waals surface area contributed by atoms with Gasteiger partial charge < -0.3 is 9.88 Å². The molecule has 0 aliphatic heterocycles. The number of fused-ring (bicyclic) bond motifs is 1. The Bertz CT molecular complexity index is 736. The summed E-state index contributed by atoms with van der Waals surface area (Å²) in [4.78, 5) is 0. The van der Waals surface area contributed by atoms with Crippen LogP contribution in [-0.2, 0) is 6.54 Å². The number of rotatable bonds is 4. The molecular weight excluding hydrogens is 275 g/mol. The molecule has 1 N–H and O–H groups in total. The van der Waals surface area contributed by atoms with Gasteiger partial charge in [-0.1, -0.05) is 41.9 Å². The predicted octanol–water partition coefficient (Wildman–Crippen LogP) is 4.55. The van der Waals surface area contributed by atoms with Crippen LogP contribution in [0.15, 0.2) is 54.7 Å². The van der Waals surface area contributed by atoms with Gasteiger partial charge in [0.2, 0.25) is 0 Å². The van der Waals surface area contributed by atoms with E-state index in [1.807, 2.05) is 36.5 Å². The first-order chi connectivity index (χ1) is 9.75. The third-order valence-corrected chi connectivity index (χ3v) is 3.58. The van der Waals surface area contributed by atoms with E-state index in [0.29, 0.717) is 12.2 Å². The summed E-state index contributed by atoms with van der Waals surface area (Å²) in [7, 11) is 0. The fourth-order valence-electron chi connectivity index (χ4n) is 2.30. The third kappa shape index (κ3) is 2.49. The summed E-state index contributed by atoms with van der Waals surface area (Å²) in [5.41, 5.74) is 1.61. The van der Waals surface area contributed by atoms with Crippen LogP contribution in [0.4, 0.5) is 10.1 Å². The second-order valence-corrected chi connectivity index (χ2v) is 5.00. The van der Waals surface area contributed by atoms with Crippen molar-refractivity contribution in [1.82, 2.24) is 4.57 Å². The fraction of sp³-hybridized carbons (Fsp3) is 0.125. The van der Waals surface area contributed by atoms with Gasteiger partial charge in [0.1, 0.15) is 5.82 Å². The maximum Gasteiger partial charge on any atom is 0.146 e. The van der Waals surface area contributed by atoms with E-state index in [2.05, 4.69) is 9.88 Å². The lowest BCUT2D eigenvalue weighted by Crippen LogP contribution is -2.10. The average molecular weight is 289 g/mol. The van der Waals surface area contributed by atoms with E-state index in [1.54, 1.807) is 12.1 Å². The molecule has 0 fully saturated rings. The fourth-order valence-corrected chi connectivity index (χ4v) is 2.58. The molecule has 2 nitrogen and oxygen atoms in total. The third-order valence-electron chi connectivity index (χ3n) is 3.28. The Morgan fingerprint density at radius 1 is 1.05 bits per heavy atom. The van der Waals surface area contributed by atoms with E-state index in [1.165, 1.54) is 6.07 Å². The smallest absolute Gasteiger partial charge is 0.146 e. The molecule has 0 unspecified atom stereocenters. The Morgan fingerprint density at radius 2 is 1.80 bits per heavy atom. The number of hydrogen-bond acceptors (Lipinski definition) is 1. The van der Waals surface area contributed by atoms with Crippen LogP contribution < -0.4 is 5.32 Å². The van der Waals surface area contributed by atoms with E-state index in [0.717, 1.165) is 22.5 Å². The molecule has 4 heteroatoms. The summed E-state index contributed by atoms with van der Waals surface area (Å²) in [6.07, 6.45) is 1.91. The molecule has 0 bridgehead atoms. The van der Waals surface area contributed by atoms with Gasteiger partial charge in [0.05, 0.1) is 10.7 Å². The second kappa shape index (κ2) is 5.55. The number of nitrogens with one attached hydrogen (secondary N) is 1. The van der Waals surface area contributed by atoms with Crippen LogP contribution in [0.3, 0.4) is 0 Å². The zero-order chi connectivity index (χ0) is 13.9. The van der Waals surface area contributed by atoms with Crippen molar-refractivity contribution in [2.45, 2.75) is 6.54 Å². The highest BCUT2D eigenvalue weighted by Crippen LogP contribution is 2.25. The molecule has 2 aromatic carbocycles. The van der Waals surface area contributed by atoms with Gasteiger partial charge in [-0.25, -0.2) is 4.39 Å². The van der Waals surface area contributed by atoms with E-state index in [4.69, 9.17) is 11.6 Å². The molecule has 0 saturated carbocycles. The molecular formula is C16H14ClFN2. The second-order valence-electron chi connectivity index (χ2n) is 4.59. The number of benzene rings is 2. The SMILES string of the molecule is Fc1ccccc1NCCn1cc(Cl)c2ccccc21. The molecule has 0 saturated heterocycles. The highest BCUT2D eigenvalue weighted by atomic mass is 35.5. The van der Waals surface area contributed by atoms with Gasteiger partial charge in [-0.05, 0) is 18.2 Å². The van der Waals surface area contributed by atoms with Crippen molar-refractivity contribution in [3.8, 4) is 0 Å². The lowest BCUT2D eigenvalue weighted by Gasteiger charge is -2.09. The first kappa shape index (κ1) is 13.0. The number of hydrogen-bond donors (Lipinski definition) is 1. The summed E-state index contributed by atoms with van der Waals surface area (Å²) in [5.74, 6) is -0.233. The van der Waals surface area contributed by atoms with Gasteiger partial charge in [0.25, 0.3) is 0 Å². The van der Waals surface area contributed by atoms with Crippen molar-refractivity contribution in [1.29, 1.82) is 0 Å². The van der Waals surface area contributed by atoms with Crippen LogP contribution in [0.5, 0.6) is 0 Å². The van der Waals surface area contributed by atoms with Crippen molar-refractivity contribution in [3.05, 3.63) is 65.6 Å². The lowest BCUT2D eigenvalue weighted by molar-refractivity contribution is 0.628. The molecule has 0 atom stereocenters. The zero-order valence-corrected chi connectivity index (χ0v) is 11.6. The predicted molar refractivity (Wildman–Crippen MR) is 81.8 cm³/mol. The summed E-state index contributed by atoms with van der Waals surface area (Å²) < 4.78 is 15.6. The molecule has 0 aliphatic rings. The van der Waals surface area contributed by atoms with Gasteiger partial charge in [0.15, 0.2) is 0 Å². The Morgan fingerprint density at radius 3 is 2.65 bits per heavy atom. The molecule has 3 rings (SSSR count). The number of nitrogens with zero attached hydrogens (tertiary/aromatic N) is 1. The van der Waals surface area contributed by atoms with Crippen LogP contribution in [0.2, 0.25) is 5.02 Å². The van der Waals surface area contributed by atoms with E-state index < -0.39 is 0 Å². The summed E-state index contributed by atoms with van der Waals surface area (Å²) in [6.45, 7) is 1.36. The number of halogens is 2. The monoisotopic (exact) mass is 288 g/mol. The van der Waals surface area contributed by atoms with Gasteiger partial charge in [-0.3, -0.25) is 0 Å². The minimum Gasteiger partial charge on any atom is -0.381 e. The van der Waals surface area contributed by atoms with Crippen molar-refractivity contribution >= 4 is 28.2 Å². The molecule has 1 aromatic heterocycles. The minimum absolute atomic E-state index is 0.233. The molecule has 0 spiro atoms. The maximum atomic E-state index is 13.5. The van der Waals surface area contributed by atoms with Gasteiger partial charge >= 0.3 is 0 Å². The van der Waals surface area contributed by atoms with Crippen molar-refractivity contribution in [2.24, 2.45) is 0 Å². The van der Waals surface area contributed by atoms with E-state index >= 15 is 0 Å². The number of anilines is 1. The number of para-hydroxylation sites is 2. The average Bonchev–Trinajstić information content (AvgIpc) is 2.78. The molecule has 0 amide bonds. The van der Waals surface area contributed by atoms with Crippen LogP contribution in [0.25, 0.3) is 10.9 Å². The van der Waals surface area contributed by atoms with Gasteiger partial charge in [0, 0.05) is 30.2 Å². The largest absolute Gasteiger partial charge is 0.381 e. The molecule has 0 radical (unpaired) electrons. The summed E-state index contributed by atoms with van der Waals surface area (Å²) >= 11 is 6.20. The van der Waals surface area contributed by atoms with Crippen LogP contribution in [0.1, 0.15) is 0 Å². The molecule has 3 aromatic rings. The van der Waals surface area contributed by atoms with Crippen molar-refractivity contribution < 1.29 is 4.39 Å². The molecule has 20 heavy (non-hydrogen) atoms. The first-order valence-corrected chi connectivity index (χ1v) is 6.85. The Balaban J connectivity index is 1.73. The lowest BCUT2D eigenvalue weighted by atomic mass is 10.2. The maximum absolute atomic E-state index is 13.5. The van der Waals surface area contributed by atoms with Gasteiger partial charge in [-0.15, -0.1) is 0 Å². The molecule has 1 heterocycles. The van der Waals surface area contributed by atoms with E-state index in [9.17, 15) is 4.39 Å². The number of aromatic nitrogens is 1. The van der Waals surface area contributed by atoms with Crippen molar-refractivity contribution in [2.75, 3.05) is 11.9 Å². The van der Waals surface area contributed by atoms with Gasteiger partial charge in [-0.2, -0.15) is 0 Å². The van der Waals surface area contributed by atoms with Crippen LogP contribution >= 0.6 is 11.6 Å². The normalized spacial score (nSPS) is 10.9. The Labute approximate surface area is 121 Å². The first-order valence-electron chi connectivity index (χ1n) is 6.47. The quantitative estimate of drug-likeness (QED) is 0.745. The Hall–Kier alpha value is -2.00. The van der Waals surface area contributed by atoms with Crippen LogP contribution in [0, 0.1) is 5.82 Å². The molecule has 0 aliphatic carbocycles. The standard InChI is InChI=1S/C16H14ClFN2/c17-13-11-20(16-8-4-1-5-12(13)16)10-9-19-15-7-3-2-6-14(15)18/h1-8,11,19H,9-10H2.